The summed E-state index contributed by atoms with van der Waals surface area (Å²) in [6.45, 7) is 8.45. The second-order valence-corrected chi connectivity index (χ2v) is 9.50. The van der Waals surface area contributed by atoms with Gasteiger partial charge in [-0.3, -0.25) is 9.59 Å². The van der Waals surface area contributed by atoms with Crippen LogP contribution >= 0.6 is 22.9 Å². The predicted octanol–water partition coefficient (Wildman–Crippen LogP) is 3.85. The van der Waals surface area contributed by atoms with Crippen molar-refractivity contribution in [2.24, 2.45) is 0 Å². The molecule has 31 heavy (non-hydrogen) atoms. The first kappa shape index (κ1) is 22.1. The van der Waals surface area contributed by atoms with Crippen LogP contribution in [0.3, 0.4) is 0 Å². The highest BCUT2D eigenvalue weighted by atomic mass is 35.5. The Hall–Kier alpha value is -2.09. The molecule has 2 aromatic rings. The maximum Gasteiger partial charge on any atom is 0.224 e. The van der Waals surface area contributed by atoms with Gasteiger partial charge in [0.25, 0.3) is 0 Å². The first-order valence-corrected chi connectivity index (χ1v) is 12.2. The number of benzene rings is 1. The molecular weight excluding hydrogens is 432 g/mol. The number of anilines is 2. The lowest BCUT2D eigenvalue weighted by Crippen LogP contribution is -2.46. The van der Waals surface area contributed by atoms with Crippen LogP contribution in [0, 0.1) is 0 Å². The predicted molar refractivity (Wildman–Crippen MR) is 127 cm³/mol. The van der Waals surface area contributed by atoms with Crippen molar-refractivity contribution in [2.45, 2.75) is 32.7 Å². The molecule has 1 aromatic heterocycles. The van der Waals surface area contributed by atoms with E-state index in [4.69, 9.17) is 11.6 Å². The highest BCUT2D eigenvalue weighted by molar-refractivity contribution is 7.10. The van der Waals surface area contributed by atoms with E-state index in [-0.39, 0.29) is 24.7 Å². The second kappa shape index (κ2) is 10.0. The lowest BCUT2D eigenvalue weighted by Gasteiger charge is -2.36. The van der Waals surface area contributed by atoms with Crippen molar-refractivity contribution in [3.63, 3.8) is 0 Å². The van der Waals surface area contributed by atoms with Crippen molar-refractivity contribution >= 4 is 46.1 Å². The van der Waals surface area contributed by atoms with Crippen molar-refractivity contribution in [3.05, 3.63) is 45.1 Å². The molecule has 0 aliphatic carbocycles. The molecule has 2 amide bonds. The number of nitrogens with one attached hydrogen (secondary N) is 1. The number of piperazine rings is 1. The van der Waals surface area contributed by atoms with Crippen molar-refractivity contribution in [1.82, 2.24) is 9.80 Å². The molecule has 6 nitrogen and oxygen atoms in total. The zero-order chi connectivity index (χ0) is 21.8. The molecule has 1 saturated heterocycles. The summed E-state index contributed by atoms with van der Waals surface area (Å²) in [7, 11) is 0. The number of rotatable bonds is 6. The summed E-state index contributed by atoms with van der Waals surface area (Å²) in [5.41, 5.74) is 2.94. The summed E-state index contributed by atoms with van der Waals surface area (Å²) in [5, 5.41) is 5.66. The van der Waals surface area contributed by atoms with Crippen molar-refractivity contribution in [2.75, 3.05) is 49.5 Å². The van der Waals surface area contributed by atoms with Crippen molar-refractivity contribution in [1.29, 1.82) is 0 Å². The van der Waals surface area contributed by atoms with E-state index in [0.717, 1.165) is 57.1 Å². The first-order valence-electron chi connectivity index (χ1n) is 10.9. The van der Waals surface area contributed by atoms with Gasteiger partial charge in [-0.2, -0.15) is 0 Å². The lowest BCUT2D eigenvalue weighted by molar-refractivity contribution is -0.133. The maximum atomic E-state index is 12.7. The van der Waals surface area contributed by atoms with Gasteiger partial charge in [-0.25, -0.2) is 0 Å². The Balaban J connectivity index is 1.33. The van der Waals surface area contributed by atoms with E-state index in [1.807, 2.05) is 17.0 Å². The monoisotopic (exact) mass is 460 g/mol. The van der Waals surface area contributed by atoms with Crippen molar-refractivity contribution < 1.29 is 9.59 Å². The molecule has 4 rings (SSSR count). The van der Waals surface area contributed by atoms with Crippen LogP contribution in [0.15, 0.2) is 29.6 Å². The molecule has 2 aliphatic heterocycles. The van der Waals surface area contributed by atoms with Gasteiger partial charge in [0.05, 0.1) is 11.4 Å². The number of hydrogen-bond donors (Lipinski definition) is 1. The average molecular weight is 461 g/mol. The number of carbonyl (C=O) groups excluding carboxylic acids is 2. The van der Waals surface area contributed by atoms with Crippen LogP contribution in [0.25, 0.3) is 0 Å². The second-order valence-electron chi connectivity index (χ2n) is 8.07. The fraction of sp³-hybridized carbons (Fsp3) is 0.478. The third kappa shape index (κ3) is 5.40. The summed E-state index contributed by atoms with van der Waals surface area (Å²) in [6.07, 6.45) is 1.29. The Morgan fingerprint density at radius 1 is 1.10 bits per heavy atom. The van der Waals surface area contributed by atoms with Crippen LogP contribution in [0.4, 0.5) is 11.4 Å². The van der Waals surface area contributed by atoms with E-state index >= 15 is 0 Å². The van der Waals surface area contributed by atoms with Crippen LogP contribution in [0.1, 0.15) is 30.2 Å². The molecule has 1 N–H and O–H groups in total. The number of thiophene rings is 1. The van der Waals surface area contributed by atoms with E-state index in [2.05, 4.69) is 33.5 Å². The Labute approximate surface area is 192 Å². The summed E-state index contributed by atoms with van der Waals surface area (Å²) < 4.78 is 0. The number of nitrogens with zero attached hydrogens (tertiary/aromatic N) is 3. The van der Waals surface area contributed by atoms with E-state index in [0.29, 0.717) is 11.6 Å². The molecule has 166 valence electrons. The fourth-order valence-corrected chi connectivity index (χ4v) is 5.30. The minimum atomic E-state index is -0.155. The molecule has 3 heterocycles. The van der Waals surface area contributed by atoms with Crippen LogP contribution in [-0.2, 0) is 22.6 Å². The van der Waals surface area contributed by atoms with Crippen LogP contribution in [-0.4, -0.2) is 60.9 Å². The molecule has 8 heteroatoms. The topological polar surface area (TPSA) is 55.9 Å². The van der Waals surface area contributed by atoms with Gasteiger partial charge in [-0.15, -0.1) is 11.3 Å². The summed E-state index contributed by atoms with van der Waals surface area (Å²) in [4.78, 5) is 33.2. The number of halogens is 1. The number of amides is 2. The van der Waals surface area contributed by atoms with Gasteiger partial charge in [-0.05, 0) is 48.2 Å². The Morgan fingerprint density at radius 2 is 1.90 bits per heavy atom. The van der Waals surface area contributed by atoms with Gasteiger partial charge in [-0.1, -0.05) is 18.5 Å². The highest BCUT2D eigenvalue weighted by Gasteiger charge is 2.23. The zero-order valence-corrected chi connectivity index (χ0v) is 19.5. The smallest absolute Gasteiger partial charge is 0.224 e. The van der Waals surface area contributed by atoms with Crippen LogP contribution in [0.5, 0.6) is 0 Å². The maximum absolute atomic E-state index is 12.7. The molecule has 1 aromatic carbocycles. The minimum absolute atomic E-state index is 0.0361. The van der Waals surface area contributed by atoms with E-state index in [1.54, 1.807) is 17.4 Å². The van der Waals surface area contributed by atoms with Gasteiger partial charge < -0.3 is 20.0 Å². The molecule has 0 unspecified atom stereocenters. The average Bonchev–Trinajstić information content (AvgIpc) is 3.26. The van der Waals surface area contributed by atoms with Gasteiger partial charge in [0.2, 0.25) is 11.8 Å². The summed E-state index contributed by atoms with van der Waals surface area (Å²) in [6, 6.07) is 7.72. The van der Waals surface area contributed by atoms with Gasteiger partial charge >= 0.3 is 0 Å². The third-order valence-electron chi connectivity index (χ3n) is 6.12. The first-order chi connectivity index (χ1) is 15.0. The lowest BCUT2D eigenvalue weighted by atomic mass is 10.1. The quantitative estimate of drug-likeness (QED) is 0.711. The molecule has 0 radical (unpaired) electrons. The molecule has 0 spiro atoms. The minimum Gasteiger partial charge on any atom is -0.367 e. The molecule has 1 fully saturated rings. The van der Waals surface area contributed by atoms with Crippen LogP contribution < -0.4 is 10.2 Å². The molecule has 0 bridgehead atoms. The van der Waals surface area contributed by atoms with Gasteiger partial charge in [0, 0.05) is 62.0 Å². The largest absolute Gasteiger partial charge is 0.367 e. The van der Waals surface area contributed by atoms with E-state index in [1.165, 1.54) is 10.4 Å². The normalized spacial score (nSPS) is 16.8. The van der Waals surface area contributed by atoms with Gasteiger partial charge in [0.1, 0.15) is 0 Å². The standard InChI is InChI=1S/C23H29ClN4O2S/c1-2-26-10-12-27(13-11-26)20-4-3-18(24)15-19(20)25-22(29)5-6-23(30)28-9-7-21-17(16-28)8-14-31-21/h3-4,8,14-15H,2,5-7,9-13,16H2,1H3,(H,25,29). The number of carbonyl (C=O) groups is 2. The molecule has 2 aliphatic rings. The van der Waals surface area contributed by atoms with E-state index in [9.17, 15) is 9.59 Å². The zero-order valence-electron chi connectivity index (χ0n) is 17.9. The number of likely N-dealkylation sites (N-methyl/N-ethyl adjacent to an activating group) is 1. The summed E-state index contributed by atoms with van der Waals surface area (Å²) >= 11 is 7.96. The molecular formula is C23H29ClN4O2S. The Kier molecular flexibility index (Phi) is 7.15. The number of fused-ring (bicyclic) bond motifs is 1. The summed E-state index contributed by atoms with van der Waals surface area (Å²) in [5.74, 6) is -0.119. The van der Waals surface area contributed by atoms with Crippen LogP contribution in [0.2, 0.25) is 5.02 Å². The SMILES string of the molecule is CCN1CCN(c2ccc(Cl)cc2NC(=O)CCC(=O)N2CCc3sccc3C2)CC1. The van der Waals surface area contributed by atoms with E-state index < -0.39 is 0 Å². The Morgan fingerprint density at radius 3 is 2.68 bits per heavy atom. The fourth-order valence-electron chi connectivity index (χ4n) is 4.24. The Bertz CT molecular complexity index is 939. The van der Waals surface area contributed by atoms with Crippen molar-refractivity contribution in [3.8, 4) is 0 Å². The van der Waals surface area contributed by atoms with Gasteiger partial charge in [0.15, 0.2) is 0 Å². The molecule has 0 saturated carbocycles. The number of hydrogen-bond acceptors (Lipinski definition) is 5. The molecule has 0 atom stereocenters. The highest BCUT2D eigenvalue weighted by Crippen LogP contribution is 2.30. The third-order valence-corrected chi connectivity index (χ3v) is 7.38.